The Morgan fingerprint density at radius 1 is 0.929 bits per heavy atom. The third-order valence-corrected chi connectivity index (χ3v) is 6.75. The highest BCUT2D eigenvalue weighted by molar-refractivity contribution is 5.57. The standard InChI is InChI=1S/C26H27F6N7O3/c27-25(28,29)22-18(5-3-11-33-22)14-34-19-9-7-16(8-10-19)12-35-23-20(39(40)41)15-37-24(38-23)36-13-17-4-1-2-6-21(17)42-26(30,31)32/h1-6,11,15-16,19,34H,7-10,12-14H2,(H2,35,36,37,38). The van der Waals surface area contributed by atoms with Gasteiger partial charge in [0.05, 0.1) is 4.92 Å². The first-order valence-electron chi connectivity index (χ1n) is 13.0. The molecule has 0 atom stereocenters. The van der Waals surface area contributed by atoms with Crippen molar-refractivity contribution in [2.75, 3.05) is 17.2 Å². The molecule has 16 heteroatoms. The summed E-state index contributed by atoms with van der Waals surface area (Å²) < 4.78 is 81.7. The van der Waals surface area contributed by atoms with Crippen LogP contribution in [0.25, 0.3) is 0 Å². The zero-order valence-corrected chi connectivity index (χ0v) is 22.0. The number of nitro groups is 1. The topological polar surface area (TPSA) is 127 Å². The minimum absolute atomic E-state index is 0.0101. The van der Waals surface area contributed by atoms with Crippen LogP contribution in [0.2, 0.25) is 0 Å². The van der Waals surface area contributed by atoms with Crippen molar-refractivity contribution in [2.45, 2.75) is 57.4 Å². The highest BCUT2D eigenvalue weighted by Crippen LogP contribution is 2.31. The number of alkyl halides is 6. The normalized spacial score (nSPS) is 17.5. The molecular formula is C26H27F6N7O3. The van der Waals surface area contributed by atoms with E-state index < -0.39 is 28.9 Å². The summed E-state index contributed by atoms with van der Waals surface area (Å²) in [4.78, 5) is 22.4. The van der Waals surface area contributed by atoms with Gasteiger partial charge in [-0.05, 0) is 49.3 Å². The molecule has 1 saturated carbocycles. The van der Waals surface area contributed by atoms with Crippen LogP contribution in [-0.2, 0) is 19.3 Å². The SMILES string of the molecule is O=[N+]([O-])c1cnc(NCc2ccccc2OC(F)(F)F)nc1NCC1CCC(NCc2cccnc2C(F)(F)F)CC1. The number of nitrogens with zero attached hydrogens (tertiary/aromatic N) is 4. The average molecular weight is 600 g/mol. The van der Waals surface area contributed by atoms with Gasteiger partial charge in [0.25, 0.3) is 0 Å². The Balaban J connectivity index is 1.31. The molecule has 0 radical (unpaired) electrons. The molecule has 2 aromatic heterocycles. The number of benzene rings is 1. The van der Waals surface area contributed by atoms with Crippen LogP contribution in [-0.4, -0.2) is 38.8 Å². The summed E-state index contributed by atoms with van der Waals surface area (Å²) in [6.45, 7) is 0.253. The zero-order valence-electron chi connectivity index (χ0n) is 22.0. The zero-order chi connectivity index (χ0) is 30.3. The Kier molecular flexibility index (Phi) is 9.65. The number of hydrogen-bond acceptors (Lipinski definition) is 9. The van der Waals surface area contributed by atoms with Gasteiger partial charge >= 0.3 is 18.2 Å². The Morgan fingerprint density at radius 3 is 2.33 bits per heavy atom. The second kappa shape index (κ2) is 13.2. The summed E-state index contributed by atoms with van der Waals surface area (Å²) in [5.74, 6) is -0.353. The van der Waals surface area contributed by atoms with Crippen molar-refractivity contribution >= 4 is 17.5 Å². The fourth-order valence-corrected chi connectivity index (χ4v) is 4.68. The van der Waals surface area contributed by atoms with Crippen molar-refractivity contribution in [3.05, 3.63) is 75.7 Å². The maximum Gasteiger partial charge on any atom is 0.573 e. The Hall–Kier alpha value is -4.21. The van der Waals surface area contributed by atoms with Crippen LogP contribution in [0.4, 0.5) is 43.8 Å². The quantitative estimate of drug-likeness (QED) is 0.137. The average Bonchev–Trinajstić information content (AvgIpc) is 2.94. The van der Waals surface area contributed by atoms with Gasteiger partial charge in [-0.1, -0.05) is 24.3 Å². The van der Waals surface area contributed by atoms with E-state index in [1.807, 2.05) is 0 Å². The van der Waals surface area contributed by atoms with E-state index in [9.17, 15) is 36.5 Å². The third-order valence-electron chi connectivity index (χ3n) is 6.75. The molecular weight excluding hydrogens is 572 g/mol. The van der Waals surface area contributed by atoms with E-state index in [1.165, 1.54) is 30.3 Å². The molecule has 0 unspecified atom stereocenters. The number of para-hydroxylation sites is 1. The van der Waals surface area contributed by atoms with Crippen LogP contribution in [0, 0.1) is 16.0 Å². The molecule has 0 amide bonds. The van der Waals surface area contributed by atoms with Crippen LogP contribution in [0.3, 0.4) is 0 Å². The van der Waals surface area contributed by atoms with Crippen molar-refractivity contribution < 1.29 is 36.0 Å². The van der Waals surface area contributed by atoms with Gasteiger partial charge in [-0.15, -0.1) is 13.2 Å². The van der Waals surface area contributed by atoms with Gasteiger partial charge in [-0.2, -0.15) is 18.2 Å². The number of ether oxygens (including phenoxy) is 1. The number of hydrogen-bond donors (Lipinski definition) is 3. The number of aromatic nitrogens is 3. The molecule has 1 aliphatic carbocycles. The molecule has 3 aromatic rings. The monoisotopic (exact) mass is 599 g/mol. The highest BCUT2D eigenvalue weighted by atomic mass is 19.4. The van der Waals surface area contributed by atoms with Gasteiger partial charge in [-0.25, -0.2) is 4.98 Å². The minimum atomic E-state index is -4.87. The number of nitrogens with one attached hydrogen (secondary N) is 3. The fraction of sp³-hybridized carbons (Fsp3) is 0.423. The predicted molar refractivity (Wildman–Crippen MR) is 139 cm³/mol. The van der Waals surface area contributed by atoms with Crippen LogP contribution in [0.1, 0.15) is 42.5 Å². The predicted octanol–water partition coefficient (Wildman–Crippen LogP) is 6.07. The molecule has 1 aliphatic rings. The van der Waals surface area contributed by atoms with E-state index in [2.05, 4.69) is 35.6 Å². The van der Waals surface area contributed by atoms with Gasteiger partial charge in [0, 0.05) is 37.4 Å². The molecule has 0 bridgehead atoms. The molecule has 2 heterocycles. The van der Waals surface area contributed by atoms with Gasteiger partial charge in [0.1, 0.15) is 17.6 Å². The van der Waals surface area contributed by atoms with Gasteiger partial charge in [0.2, 0.25) is 11.8 Å². The summed E-state index contributed by atoms with van der Waals surface area (Å²) >= 11 is 0. The first-order chi connectivity index (χ1) is 19.9. The molecule has 4 rings (SSSR count). The van der Waals surface area contributed by atoms with Crippen LogP contribution in [0.5, 0.6) is 5.75 Å². The molecule has 0 aliphatic heterocycles. The largest absolute Gasteiger partial charge is 0.573 e. The van der Waals surface area contributed by atoms with E-state index in [-0.39, 0.29) is 53.6 Å². The second-order valence-electron chi connectivity index (χ2n) is 9.68. The lowest BCUT2D eigenvalue weighted by molar-refractivity contribution is -0.384. The van der Waals surface area contributed by atoms with Crippen molar-refractivity contribution in [3.8, 4) is 5.75 Å². The summed E-state index contributed by atoms with van der Waals surface area (Å²) in [7, 11) is 0. The maximum atomic E-state index is 13.2. The first kappa shape index (κ1) is 30.7. The molecule has 0 spiro atoms. The van der Waals surface area contributed by atoms with Gasteiger partial charge in [0.15, 0.2) is 0 Å². The molecule has 3 N–H and O–H groups in total. The van der Waals surface area contributed by atoms with Crippen LogP contribution < -0.4 is 20.7 Å². The van der Waals surface area contributed by atoms with Crippen molar-refractivity contribution in [2.24, 2.45) is 5.92 Å². The lowest BCUT2D eigenvalue weighted by atomic mass is 9.86. The van der Waals surface area contributed by atoms with Crippen molar-refractivity contribution in [1.29, 1.82) is 0 Å². The smallest absolute Gasteiger partial charge is 0.405 e. The summed E-state index contributed by atoms with van der Waals surface area (Å²) in [6.07, 6.45) is -4.44. The molecule has 42 heavy (non-hydrogen) atoms. The Bertz CT molecular complexity index is 1360. The van der Waals surface area contributed by atoms with Crippen molar-refractivity contribution in [3.63, 3.8) is 0 Å². The van der Waals surface area contributed by atoms with Gasteiger partial charge in [-0.3, -0.25) is 15.1 Å². The molecule has 226 valence electrons. The fourth-order valence-electron chi connectivity index (χ4n) is 4.68. The Morgan fingerprint density at radius 2 is 1.64 bits per heavy atom. The number of anilines is 2. The van der Waals surface area contributed by atoms with Crippen LogP contribution >= 0.6 is 0 Å². The van der Waals surface area contributed by atoms with E-state index in [0.29, 0.717) is 19.4 Å². The van der Waals surface area contributed by atoms with E-state index in [0.717, 1.165) is 31.3 Å². The first-order valence-corrected chi connectivity index (χ1v) is 13.0. The maximum absolute atomic E-state index is 13.2. The number of pyridine rings is 1. The summed E-state index contributed by atoms with van der Waals surface area (Å²) in [5.41, 5.74) is -1.02. The molecule has 10 nitrogen and oxygen atoms in total. The van der Waals surface area contributed by atoms with E-state index in [1.54, 1.807) is 0 Å². The Labute approximate surface area is 236 Å². The molecule has 1 fully saturated rings. The minimum Gasteiger partial charge on any atom is -0.405 e. The second-order valence-corrected chi connectivity index (χ2v) is 9.68. The van der Waals surface area contributed by atoms with Crippen molar-refractivity contribution in [1.82, 2.24) is 20.3 Å². The third kappa shape index (κ3) is 8.64. The lowest BCUT2D eigenvalue weighted by Crippen LogP contribution is -2.34. The summed E-state index contributed by atoms with van der Waals surface area (Å²) in [5, 5.41) is 20.4. The number of rotatable bonds is 11. The number of halogens is 6. The van der Waals surface area contributed by atoms with Crippen LogP contribution in [0.15, 0.2) is 48.8 Å². The molecule has 1 aromatic carbocycles. The summed E-state index contributed by atoms with van der Waals surface area (Å²) in [6, 6.07) is 8.38. The lowest BCUT2D eigenvalue weighted by Gasteiger charge is -2.29. The van der Waals surface area contributed by atoms with Gasteiger partial charge < -0.3 is 20.7 Å². The molecule has 0 saturated heterocycles. The van der Waals surface area contributed by atoms with E-state index >= 15 is 0 Å². The highest BCUT2D eigenvalue weighted by Gasteiger charge is 2.35. The van der Waals surface area contributed by atoms with E-state index in [4.69, 9.17) is 0 Å².